The third-order valence-corrected chi connectivity index (χ3v) is 7.49. The van der Waals surface area contributed by atoms with Crippen LogP contribution in [0.4, 0.5) is 0 Å². The number of hydrogen-bond acceptors (Lipinski definition) is 6. The zero-order valence-electron chi connectivity index (χ0n) is 15.4. The van der Waals surface area contributed by atoms with Crippen molar-refractivity contribution in [1.29, 1.82) is 0 Å². The summed E-state index contributed by atoms with van der Waals surface area (Å²) in [5.74, 6) is 0.158. The van der Waals surface area contributed by atoms with Crippen LogP contribution in [0.15, 0.2) is 34.2 Å². The van der Waals surface area contributed by atoms with Crippen LogP contribution < -0.4 is 5.56 Å². The number of thioether (sulfide) groups is 1. The van der Waals surface area contributed by atoms with Crippen LogP contribution in [0.2, 0.25) is 0 Å². The molecule has 1 aliphatic heterocycles. The molecule has 0 bridgehead atoms. The molecule has 1 aliphatic rings. The van der Waals surface area contributed by atoms with Gasteiger partial charge in [-0.1, -0.05) is 23.9 Å². The lowest BCUT2D eigenvalue weighted by Crippen LogP contribution is -2.42. The fraction of sp³-hybridized carbons (Fsp3) is 0.500. The van der Waals surface area contributed by atoms with E-state index in [1.165, 1.54) is 11.8 Å². The number of sulfone groups is 1. The van der Waals surface area contributed by atoms with Crippen molar-refractivity contribution in [1.82, 2.24) is 14.5 Å². The summed E-state index contributed by atoms with van der Waals surface area (Å²) in [6.07, 6.45) is 0.487. The summed E-state index contributed by atoms with van der Waals surface area (Å²) in [5, 5.41) is 1.06. The molecule has 27 heavy (non-hydrogen) atoms. The Labute approximate surface area is 162 Å². The van der Waals surface area contributed by atoms with Crippen LogP contribution in [0.3, 0.4) is 0 Å². The molecular formula is C18H23N3O4S2. The number of aromatic nitrogens is 2. The predicted octanol–water partition coefficient (Wildman–Crippen LogP) is 1.54. The van der Waals surface area contributed by atoms with E-state index in [0.29, 0.717) is 35.6 Å². The number of carbonyl (C=O) groups excluding carboxylic acids is 1. The lowest BCUT2D eigenvalue weighted by molar-refractivity contribution is -0.129. The largest absolute Gasteiger partial charge is 0.338 e. The highest BCUT2D eigenvalue weighted by molar-refractivity contribution is 7.99. The van der Waals surface area contributed by atoms with Crippen LogP contribution >= 0.6 is 11.8 Å². The van der Waals surface area contributed by atoms with Crippen LogP contribution in [0.5, 0.6) is 0 Å². The van der Waals surface area contributed by atoms with E-state index in [1.54, 1.807) is 27.7 Å². The quantitative estimate of drug-likeness (QED) is 0.531. The van der Waals surface area contributed by atoms with Crippen LogP contribution in [0.25, 0.3) is 10.9 Å². The predicted molar refractivity (Wildman–Crippen MR) is 107 cm³/mol. The molecule has 3 rings (SSSR count). The smallest absolute Gasteiger partial charge is 0.262 e. The first-order chi connectivity index (χ1) is 12.9. The number of amides is 1. The Morgan fingerprint density at radius 1 is 1.33 bits per heavy atom. The van der Waals surface area contributed by atoms with Gasteiger partial charge in [0.1, 0.15) is 0 Å². The number of para-hydroxylation sites is 1. The van der Waals surface area contributed by atoms with Gasteiger partial charge in [-0.15, -0.1) is 0 Å². The summed E-state index contributed by atoms with van der Waals surface area (Å²) in [6, 6.07) is 6.90. The second kappa shape index (κ2) is 8.02. The van der Waals surface area contributed by atoms with Gasteiger partial charge in [-0.2, -0.15) is 0 Å². The number of carbonyl (C=O) groups is 1. The topological polar surface area (TPSA) is 89.3 Å². The second-order valence-corrected chi connectivity index (χ2v) is 9.66. The Morgan fingerprint density at radius 3 is 2.70 bits per heavy atom. The van der Waals surface area contributed by atoms with Gasteiger partial charge in [0.05, 0.1) is 28.2 Å². The molecule has 1 amide bonds. The fourth-order valence-corrected chi connectivity index (χ4v) is 6.09. The summed E-state index contributed by atoms with van der Waals surface area (Å²) in [6.45, 7) is 4.64. The molecule has 146 valence electrons. The molecule has 9 heteroatoms. The molecule has 0 saturated carbocycles. The molecule has 1 fully saturated rings. The number of hydrogen-bond donors (Lipinski definition) is 0. The standard InChI is InChI=1S/C18H23N3O4S2/c1-3-20(13-9-10-27(24,25)12-13)16(22)11-26-18-19-15-8-6-5-7-14(15)17(23)21(18)4-2/h5-8,13H,3-4,9-12H2,1-2H3/t13-/m0/s1. The van der Waals surface area contributed by atoms with Crippen LogP contribution in [-0.4, -0.2) is 58.6 Å². The van der Waals surface area contributed by atoms with Gasteiger partial charge in [0.2, 0.25) is 5.91 Å². The van der Waals surface area contributed by atoms with E-state index in [1.807, 2.05) is 19.9 Å². The van der Waals surface area contributed by atoms with Crippen LogP contribution in [0.1, 0.15) is 20.3 Å². The van der Waals surface area contributed by atoms with Gasteiger partial charge in [-0.25, -0.2) is 13.4 Å². The van der Waals surface area contributed by atoms with Gasteiger partial charge in [0.25, 0.3) is 5.56 Å². The summed E-state index contributed by atoms with van der Waals surface area (Å²) in [7, 11) is -3.05. The van der Waals surface area contributed by atoms with Crippen molar-refractivity contribution in [2.24, 2.45) is 0 Å². The Balaban J connectivity index is 1.79. The first-order valence-electron chi connectivity index (χ1n) is 8.98. The van der Waals surface area contributed by atoms with E-state index in [4.69, 9.17) is 0 Å². The molecule has 2 heterocycles. The van der Waals surface area contributed by atoms with Crippen molar-refractivity contribution in [2.45, 2.75) is 38.0 Å². The van der Waals surface area contributed by atoms with E-state index in [0.717, 1.165) is 0 Å². The third kappa shape index (κ3) is 4.19. The SMILES string of the molecule is CCN(C(=O)CSc1nc2ccccc2c(=O)n1CC)[C@H]1CCS(=O)(=O)C1. The average molecular weight is 410 g/mol. The zero-order valence-corrected chi connectivity index (χ0v) is 17.1. The van der Waals surface area contributed by atoms with Gasteiger partial charge < -0.3 is 4.90 Å². The molecule has 1 aromatic heterocycles. The Kier molecular flexibility index (Phi) is 5.90. The van der Waals surface area contributed by atoms with E-state index in [2.05, 4.69) is 4.98 Å². The average Bonchev–Trinajstić information content (AvgIpc) is 3.00. The minimum absolute atomic E-state index is 0.0329. The maximum absolute atomic E-state index is 12.7. The molecule has 1 aromatic carbocycles. The van der Waals surface area contributed by atoms with Crippen LogP contribution in [0, 0.1) is 0 Å². The number of fused-ring (bicyclic) bond motifs is 1. The molecule has 0 unspecified atom stereocenters. The van der Waals surface area contributed by atoms with Crippen molar-refractivity contribution in [2.75, 3.05) is 23.8 Å². The van der Waals surface area contributed by atoms with E-state index >= 15 is 0 Å². The lowest BCUT2D eigenvalue weighted by Gasteiger charge is -2.26. The number of rotatable bonds is 6. The molecule has 0 spiro atoms. The van der Waals surface area contributed by atoms with Crippen molar-refractivity contribution < 1.29 is 13.2 Å². The number of benzene rings is 1. The van der Waals surface area contributed by atoms with Gasteiger partial charge in [-0.3, -0.25) is 14.2 Å². The van der Waals surface area contributed by atoms with Gasteiger partial charge in [0, 0.05) is 19.1 Å². The van der Waals surface area contributed by atoms with Gasteiger partial charge in [0.15, 0.2) is 15.0 Å². The monoisotopic (exact) mass is 409 g/mol. The molecular weight excluding hydrogens is 386 g/mol. The Bertz CT molecular complexity index is 1020. The van der Waals surface area contributed by atoms with Crippen LogP contribution in [-0.2, 0) is 21.2 Å². The zero-order chi connectivity index (χ0) is 19.6. The summed E-state index contributed by atoms with van der Waals surface area (Å²) >= 11 is 1.22. The van der Waals surface area contributed by atoms with Crippen molar-refractivity contribution in [3.8, 4) is 0 Å². The van der Waals surface area contributed by atoms with Gasteiger partial charge >= 0.3 is 0 Å². The highest BCUT2D eigenvalue weighted by Gasteiger charge is 2.33. The fourth-order valence-electron chi connectivity index (χ4n) is 3.41. The normalized spacial score (nSPS) is 18.7. The molecule has 0 aliphatic carbocycles. The first kappa shape index (κ1) is 19.9. The van der Waals surface area contributed by atoms with E-state index in [-0.39, 0.29) is 34.8 Å². The second-order valence-electron chi connectivity index (χ2n) is 6.49. The molecule has 0 radical (unpaired) electrons. The maximum Gasteiger partial charge on any atom is 0.262 e. The summed E-state index contributed by atoms with van der Waals surface area (Å²) in [4.78, 5) is 31.5. The van der Waals surface area contributed by atoms with Crippen molar-refractivity contribution >= 4 is 38.4 Å². The molecule has 1 saturated heterocycles. The molecule has 2 aromatic rings. The maximum atomic E-state index is 12.7. The molecule has 7 nitrogen and oxygen atoms in total. The lowest BCUT2D eigenvalue weighted by atomic mass is 10.2. The van der Waals surface area contributed by atoms with E-state index in [9.17, 15) is 18.0 Å². The minimum atomic E-state index is -3.05. The third-order valence-electron chi connectivity index (χ3n) is 4.78. The first-order valence-corrected chi connectivity index (χ1v) is 11.8. The van der Waals surface area contributed by atoms with Gasteiger partial charge in [-0.05, 0) is 32.4 Å². The summed E-state index contributed by atoms with van der Waals surface area (Å²) in [5.41, 5.74) is 0.490. The molecule has 1 atom stereocenters. The Morgan fingerprint density at radius 2 is 2.07 bits per heavy atom. The highest BCUT2D eigenvalue weighted by Crippen LogP contribution is 2.22. The van der Waals surface area contributed by atoms with Crippen molar-refractivity contribution in [3.05, 3.63) is 34.6 Å². The van der Waals surface area contributed by atoms with E-state index < -0.39 is 9.84 Å². The van der Waals surface area contributed by atoms with Crippen molar-refractivity contribution in [3.63, 3.8) is 0 Å². The minimum Gasteiger partial charge on any atom is -0.338 e. The highest BCUT2D eigenvalue weighted by atomic mass is 32.2. The summed E-state index contributed by atoms with van der Waals surface area (Å²) < 4.78 is 25.0. The Hall–Kier alpha value is -1.87. The molecule has 0 N–H and O–H groups in total. The number of nitrogens with zero attached hydrogens (tertiary/aromatic N) is 3.